The molecular weight excluding hydrogens is 776 g/mol. The summed E-state index contributed by atoms with van der Waals surface area (Å²) in [5.74, 6) is -3.91. The van der Waals surface area contributed by atoms with E-state index in [-0.39, 0.29) is 38.0 Å². The number of phenolic OH excluding ortho intramolecular Hbond substituents is 2. The van der Waals surface area contributed by atoms with E-state index in [1.807, 2.05) is 30.3 Å². The normalized spacial score (nSPS) is 12.9. The zero-order valence-corrected chi connectivity index (χ0v) is 27.8. The Morgan fingerprint density at radius 3 is 1.98 bits per heavy atom. The largest absolute Gasteiger partial charge is 0.506 e. The topological polar surface area (TPSA) is 232 Å². The quantitative estimate of drug-likeness (QED) is 0.0589. The summed E-state index contributed by atoms with van der Waals surface area (Å²) in [7, 11) is -9.81. The minimum absolute atomic E-state index is 0.0224. The molecule has 0 aliphatic rings. The van der Waals surface area contributed by atoms with E-state index in [0.29, 0.717) is 11.6 Å². The van der Waals surface area contributed by atoms with Crippen molar-refractivity contribution in [2.45, 2.75) is 16.2 Å². The molecular formula is C28H22Br2N4O10S2. The zero-order valence-electron chi connectivity index (χ0n) is 23.0. The van der Waals surface area contributed by atoms with Crippen molar-refractivity contribution < 1.29 is 45.7 Å². The number of aromatic hydroxyl groups is 2. The van der Waals surface area contributed by atoms with Crippen LogP contribution in [0.4, 0.5) is 0 Å². The number of nitrogens with one attached hydrogen (secondary N) is 2. The van der Waals surface area contributed by atoms with E-state index in [1.54, 1.807) is 12.1 Å². The number of amides is 2. The number of hydrazone groups is 2. The highest BCUT2D eigenvalue weighted by Crippen LogP contribution is 2.40. The van der Waals surface area contributed by atoms with Crippen LogP contribution in [0.5, 0.6) is 11.5 Å². The second-order valence-electron chi connectivity index (χ2n) is 9.52. The van der Waals surface area contributed by atoms with Crippen molar-refractivity contribution in [3.63, 3.8) is 0 Å². The van der Waals surface area contributed by atoms with E-state index in [9.17, 15) is 45.7 Å². The van der Waals surface area contributed by atoms with Gasteiger partial charge in [-0.2, -0.15) is 27.0 Å². The van der Waals surface area contributed by atoms with E-state index in [1.165, 1.54) is 6.07 Å². The number of nitrogens with zero attached hydrogens (tertiary/aromatic N) is 2. The Morgan fingerprint density at radius 1 is 0.761 bits per heavy atom. The first-order chi connectivity index (χ1) is 21.6. The standard InChI is InChI=1S/C28H22Br2N4O10S2/c29-22-11-19(25(35)24(30)26(22)36)14-32-34-28(38)21(10-15-5-6-16-3-1-2-4-17(16)9-15)27(37)33-31-13-18-7-8-20(45(39,40)41)12-23(18)46(42,43)44/h1-9,11-14,21,35-36H,10H2,(H,33,37)(H,34,38)(H,39,40,41)(H,42,43,44)/b31-13+,32-14+. The van der Waals surface area contributed by atoms with Crippen LogP contribution in [-0.4, -0.2) is 60.4 Å². The molecule has 6 N–H and O–H groups in total. The minimum atomic E-state index is -5.00. The molecule has 4 aromatic carbocycles. The number of rotatable bonds is 10. The summed E-state index contributed by atoms with van der Waals surface area (Å²) < 4.78 is 65.5. The molecule has 18 heteroatoms. The number of hydrogen-bond donors (Lipinski definition) is 6. The van der Waals surface area contributed by atoms with Gasteiger partial charge in [0.2, 0.25) is 0 Å². The summed E-state index contributed by atoms with van der Waals surface area (Å²) in [6, 6.07) is 16.4. The lowest BCUT2D eigenvalue weighted by Gasteiger charge is -2.14. The fourth-order valence-electron chi connectivity index (χ4n) is 4.11. The lowest BCUT2D eigenvalue weighted by Crippen LogP contribution is -2.39. The molecule has 0 saturated heterocycles. The van der Waals surface area contributed by atoms with Crippen molar-refractivity contribution in [3.05, 3.63) is 92.4 Å². The van der Waals surface area contributed by atoms with E-state index in [0.717, 1.165) is 35.3 Å². The first-order valence-electron chi connectivity index (χ1n) is 12.7. The molecule has 0 aliphatic heterocycles. The lowest BCUT2D eigenvalue weighted by atomic mass is 9.96. The maximum Gasteiger partial charge on any atom is 0.295 e. The Hall–Kier alpha value is -4.20. The number of phenols is 2. The van der Waals surface area contributed by atoms with Crippen molar-refractivity contribution >= 4 is 87.1 Å². The van der Waals surface area contributed by atoms with Crippen molar-refractivity contribution in [2.24, 2.45) is 16.1 Å². The Kier molecular flexibility index (Phi) is 10.6. The molecule has 0 fully saturated rings. The molecule has 1 atom stereocenters. The zero-order chi connectivity index (χ0) is 33.8. The van der Waals surface area contributed by atoms with Gasteiger partial charge in [-0.05, 0) is 72.8 Å². The maximum atomic E-state index is 13.2. The average molecular weight is 798 g/mol. The maximum absolute atomic E-state index is 13.2. The molecule has 4 aromatic rings. The highest BCUT2D eigenvalue weighted by atomic mass is 79.9. The average Bonchev–Trinajstić information content (AvgIpc) is 3.00. The van der Waals surface area contributed by atoms with E-state index in [2.05, 4.69) is 52.9 Å². The molecule has 0 radical (unpaired) electrons. The Balaban J connectivity index is 1.60. The molecule has 240 valence electrons. The fraction of sp³-hybridized carbons (Fsp3) is 0.0714. The van der Waals surface area contributed by atoms with E-state index < -0.39 is 47.8 Å². The molecule has 0 aliphatic carbocycles. The van der Waals surface area contributed by atoms with Gasteiger partial charge in [0.1, 0.15) is 26.8 Å². The van der Waals surface area contributed by atoms with Crippen molar-refractivity contribution in [2.75, 3.05) is 0 Å². The molecule has 0 saturated carbocycles. The van der Waals surface area contributed by atoms with Gasteiger partial charge in [-0.3, -0.25) is 18.7 Å². The number of carbonyl (C=O) groups is 2. The van der Waals surface area contributed by atoms with Crippen LogP contribution in [0.2, 0.25) is 0 Å². The minimum Gasteiger partial charge on any atom is -0.506 e. The van der Waals surface area contributed by atoms with Crippen LogP contribution in [0.15, 0.2) is 95.7 Å². The van der Waals surface area contributed by atoms with Gasteiger partial charge in [0, 0.05) is 11.1 Å². The monoisotopic (exact) mass is 796 g/mol. The number of halogens is 2. The highest BCUT2D eigenvalue weighted by Gasteiger charge is 2.27. The SMILES string of the molecule is O=C(N/N=C/c1ccc(S(=O)(=O)O)cc1S(=O)(=O)O)C(Cc1ccc2ccccc2c1)C(=O)N/N=C/c1cc(Br)c(O)c(Br)c1O. The molecule has 0 bridgehead atoms. The summed E-state index contributed by atoms with van der Waals surface area (Å²) >= 11 is 6.16. The van der Waals surface area contributed by atoms with Gasteiger partial charge in [0.05, 0.1) is 21.8 Å². The van der Waals surface area contributed by atoms with Gasteiger partial charge >= 0.3 is 0 Å². The number of carbonyl (C=O) groups excluding carboxylic acids is 2. The molecule has 4 rings (SSSR count). The van der Waals surface area contributed by atoms with Crippen LogP contribution in [0, 0.1) is 5.92 Å². The third-order valence-electron chi connectivity index (χ3n) is 6.40. The van der Waals surface area contributed by atoms with Gasteiger partial charge < -0.3 is 10.2 Å². The molecule has 0 aromatic heterocycles. The number of hydrogen-bond acceptors (Lipinski definition) is 10. The number of benzene rings is 4. The van der Waals surface area contributed by atoms with Gasteiger partial charge in [-0.25, -0.2) is 10.9 Å². The third-order valence-corrected chi connectivity index (χ3v) is 9.52. The summed E-state index contributed by atoms with van der Waals surface area (Å²) in [6.45, 7) is 0. The summed E-state index contributed by atoms with van der Waals surface area (Å²) in [5, 5.41) is 29.4. The first-order valence-corrected chi connectivity index (χ1v) is 17.2. The van der Waals surface area contributed by atoms with E-state index in [4.69, 9.17) is 0 Å². The van der Waals surface area contributed by atoms with Crippen LogP contribution in [0.1, 0.15) is 16.7 Å². The second-order valence-corrected chi connectivity index (χ2v) is 14.0. The van der Waals surface area contributed by atoms with Crippen LogP contribution in [0.3, 0.4) is 0 Å². The molecule has 1 unspecified atom stereocenters. The summed E-state index contributed by atoms with van der Waals surface area (Å²) in [4.78, 5) is 24.7. The highest BCUT2D eigenvalue weighted by molar-refractivity contribution is 9.11. The lowest BCUT2D eigenvalue weighted by molar-refractivity contribution is -0.135. The molecule has 46 heavy (non-hydrogen) atoms. The number of fused-ring (bicyclic) bond motifs is 1. The van der Waals surface area contributed by atoms with Crippen molar-refractivity contribution in [3.8, 4) is 11.5 Å². The van der Waals surface area contributed by atoms with Crippen LogP contribution in [-0.2, 0) is 36.2 Å². The third kappa shape index (κ3) is 8.33. The van der Waals surface area contributed by atoms with Gasteiger partial charge in [-0.15, -0.1) is 0 Å². The Labute approximate surface area is 278 Å². The van der Waals surface area contributed by atoms with E-state index >= 15 is 0 Å². The van der Waals surface area contributed by atoms with Crippen LogP contribution >= 0.6 is 31.9 Å². The fourth-order valence-corrected chi connectivity index (χ4v) is 6.54. The predicted octanol–water partition coefficient (Wildman–Crippen LogP) is 3.73. The van der Waals surface area contributed by atoms with Crippen LogP contribution < -0.4 is 10.9 Å². The second kappa shape index (κ2) is 14.1. The predicted molar refractivity (Wildman–Crippen MR) is 174 cm³/mol. The van der Waals surface area contributed by atoms with Crippen LogP contribution in [0.25, 0.3) is 10.8 Å². The smallest absolute Gasteiger partial charge is 0.295 e. The molecule has 0 spiro atoms. The van der Waals surface area contributed by atoms with Gasteiger partial charge in [0.25, 0.3) is 32.1 Å². The van der Waals surface area contributed by atoms with Gasteiger partial charge in [-0.1, -0.05) is 48.5 Å². The van der Waals surface area contributed by atoms with Crippen molar-refractivity contribution in [1.82, 2.24) is 10.9 Å². The first kappa shape index (κ1) is 34.7. The summed E-state index contributed by atoms with van der Waals surface area (Å²) in [6.07, 6.45) is 1.74. The van der Waals surface area contributed by atoms with Crippen molar-refractivity contribution in [1.29, 1.82) is 0 Å². The summed E-state index contributed by atoms with van der Waals surface area (Å²) in [5.41, 5.74) is 4.71. The Morgan fingerprint density at radius 2 is 1.37 bits per heavy atom. The molecule has 14 nitrogen and oxygen atoms in total. The molecule has 0 heterocycles. The molecule has 2 amide bonds. The Bertz CT molecular complexity index is 2140. The van der Waals surface area contributed by atoms with Gasteiger partial charge in [0.15, 0.2) is 0 Å².